The van der Waals surface area contributed by atoms with Crippen molar-refractivity contribution in [3.05, 3.63) is 34.9 Å². The lowest BCUT2D eigenvalue weighted by atomic mass is 9.75. The molecule has 0 heterocycles. The summed E-state index contributed by atoms with van der Waals surface area (Å²) < 4.78 is -1.21. The van der Waals surface area contributed by atoms with E-state index in [-0.39, 0.29) is 5.41 Å². The zero-order chi connectivity index (χ0) is 13.3. The van der Waals surface area contributed by atoms with Crippen LogP contribution in [-0.2, 0) is 5.41 Å². The highest BCUT2D eigenvalue weighted by atomic mass is 35.6. The fourth-order valence-corrected chi connectivity index (χ4v) is 3.14. The van der Waals surface area contributed by atoms with Gasteiger partial charge < -0.3 is 0 Å². The lowest BCUT2D eigenvalue weighted by Crippen LogP contribution is -2.28. The lowest BCUT2D eigenvalue weighted by molar-refractivity contribution is 0.421. The van der Waals surface area contributed by atoms with Gasteiger partial charge in [0.2, 0.25) is 0 Å². The average molecular weight is 294 g/mol. The fourth-order valence-electron chi connectivity index (χ4n) is 2.26. The highest BCUT2D eigenvalue weighted by Crippen LogP contribution is 2.44. The number of halogens is 3. The van der Waals surface area contributed by atoms with E-state index in [1.807, 2.05) is 0 Å². The first-order chi connectivity index (χ1) is 7.69. The maximum absolute atomic E-state index is 5.97. The third-order valence-corrected chi connectivity index (χ3v) is 4.03. The number of hydrogen-bond donors (Lipinski definition) is 0. The molecule has 0 fully saturated rings. The van der Waals surface area contributed by atoms with E-state index in [0.717, 1.165) is 6.42 Å². The van der Waals surface area contributed by atoms with Gasteiger partial charge in [-0.15, -0.1) is 0 Å². The van der Waals surface area contributed by atoms with E-state index in [1.54, 1.807) is 0 Å². The second kappa shape index (κ2) is 5.38. The monoisotopic (exact) mass is 292 g/mol. The van der Waals surface area contributed by atoms with E-state index in [9.17, 15) is 0 Å². The largest absolute Gasteiger partial charge is 0.191 e. The number of alkyl halides is 3. The van der Waals surface area contributed by atoms with E-state index < -0.39 is 3.79 Å². The molecule has 0 saturated carbocycles. The van der Waals surface area contributed by atoms with Gasteiger partial charge in [0.25, 0.3) is 0 Å². The molecule has 1 aromatic carbocycles. The maximum atomic E-state index is 5.97. The SMILES string of the molecule is CCC(C)(CC(Cl)(Cl)Cl)c1cccc(C)c1C. The van der Waals surface area contributed by atoms with Crippen LogP contribution in [-0.4, -0.2) is 3.79 Å². The van der Waals surface area contributed by atoms with Crippen LogP contribution in [0, 0.1) is 13.8 Å². The average Bonchev–Trinajstić information content (AvgIpc) is 2.19. The molecule has 1 unspecified atom stereocenters. The van der Waals surface area contributed by atoms with E-state index >= 15 is 0 Å². The Labute approximate surface area is 119 Å². The van der Waals surface area contributed by atoms with Gasteiger partial charge in [0.1, 0.15) is 0 Å². The molecule has 0 radical (unpaired) electrons. The molecule has 1 aromatic rings. The number of rotatable bonds is 3. The third kappa shape index (κ3) is 3.77. The molecule has 0 aliphatic heterocycles. The van der Waals surface area contributed by atoms with Crippen molar-refractivity contribution in [2.24, 2.45) is 0 Å². The van der Waals surface area contributed by atoms with Gasteiger partial charge in [0.15, 0.2) is 3.79 Å². The van der Waals surface area contributed by atoms with Crippen molar-refractivity contribution >= 4 is 34.8 Å². The molecular formula is C14H19Cl3. The van der Waals surface area contributed by atoms with E-state index in [4.69, 9.17) is 34.8 Å². The van der Waals surface area contributed by atoms with Crippen LogP contribution in [0.5, 0.6) is 0 Å². The smallest absolute Gasteiger partial charge is 0.0837 e. The Balaban J connectivity index is 3.21. The van der Waals surface area contributed by atoms with Crippen molar-refractivity contribution in [1.82, 2.24) is 0 Å². The van der Waals surface area contributed by atoms with Crippen molar-refractivity contribution in [1.29, 1.82) is 0 Å². The summed E-state index contributed by atoms with van der Waals surface area (Å²) in [6.45, 7) is 8.55. The number of benzene rings is 1. The van der Waals surface area contributed by atoms with Crippen molar-refractivity contribution in [2.75, 3.05) is 0 Å². The molecule has 1 atom stereocenters. The minimum atomic E-state index is -1.21. The van der Waals surface area contributed by atoms with Crippen LogP contribution in [0.3, 0.4) is 0 Å². The topological polar surface area (TPSA) is 0 Å². The van der Waals surface area contributed by atoms with Crippen molar-refractivity contribution in [2.45, 2.75) is 49.7 Å². The summed E-state index contributed by atoms with van der Waals surface area (Å²) in [6.07, 6.45) is 1.48. The Hall–Kier alpha value is 0.0900. The van der Waals surface area contributed by atoms with Crippen molar-refractivity contribution in [3.8, 4) is 0 Å². The molecule has 0 aliphatic carbocycles. The van der Waals surface area contributed by atoms with Crippen LogP contribution in [0.1, 0.15) is 43.4 Å². The van der Waals surface area contributed by atoms with E-state index in [1.165, 1.54) is 16.7 Å². The molecule has 3 heteroatoms. The first-order valence-electron chi connectivity index (χ1n) is 5.83. The van der Waals surface area contributed by atoms with Crippen LogP contribution in [0.4, 0.5) is 0 Å². The molecule has 1 rings (SSSR count). The van der Waals surface area contributed by atoms with Gasteiger partial charge in [-0.1, -0.05) is 66.8 Å². The summed E-state index contributed by atoms with van der Waals surface area (Å²) in [5.74, 6) is 0. The number of hydrogen-bond acceptors (Lipinski definition) is 0. The molecule has 96 valence electrons. The van der Waals surface area contributed by atoms with Crippen LogP contribution in [0.25, 0.3) is 0 Å². The Morgan fingerprint density at radius 3 is 2.18 bits per heavy atom. The molecule has 0 nitrogen and oxygen atoms in total. The second-order valence-electron chi connectivity index (χ2n) is 4.95. The van der Waals surface area contributed by atoms with Gasteiger partial charge in [-0.3, -0.25) is 0 Å². The van der Waals surface area contributed by atoms with Gasteiger partial charge in [-0.05, 0) is 42.4 Å². The summed E-state index contributed by atoms with van der Waals surface area (Å²) in [5.41, 5.74) is 3.77. The molecular weight excluding hydrogens is 275 g/mol. The van der Waals surface area contributed by atoms with E-state index in [0.29, 0.717) is 6.42 Å². The summed E-state index contributed by atoms with van der Waals surface area (Å²) in [7, 11) is 0. The lowest BCUT2D eigenvalue weighted by Gasteiger charge is -2.34. The van der Waals surface area contributed by atoms with Crippen LogP contribution in [0.2, 0.25) is 0 Å². The molecule has 0 N–H and O–H groups in total. The second-order valence-corrected chi connectivity index (χ2v) is 7.47. The zero-order valence-corrected chi connectivity index (χ0v) is 13.0. The molecule has 0 amide bonds. The number of aryl methyl sites for hydroxylation is 1. The minimum Gasteiger partial charge on any atom is -0.0837 e. The Bertz CT molecular complexity index is 393. The summed E-state index contributed by atoms with van der Waals surface area (Å²) in [5, 5.41) is 0. The highest BCUT2D eigenvalue weighted by Gasteiger charge is 2.35. The summed E-state index contributed by atoms with van der Waals surface area (Å²) in [4.78, 5) is 0. The van der Waals surface area contributed by atoms with Gasteiger partial charge in [-0.2, -0.15) is 0 Å². The third-order valence-electron chi connectivity index (χ3n) is 3.63. The van der Waals surface area contributed by atoms with Gasteiger partial charge >= 0.3 is 0 Å². The van der Waals surface area contributed by atoms with Crippen LogP contribution in [0.15, 0.2) is 18.2 Å². The molecule has 0 saturated heterocycles. The highest BCUT2D eigenvalue weighted by molar-refractivity contribution is 6.67. The fraction of sp³-hybridized carbons (Fsp3) is 0.571. The summed E-state index contributed by atoms with van der Waals surface area (Å²) >= 11 is 17.9. The Morgan fingerprint density at radius 1 is 1.12 bits per heavy atom. The van der Waals surface area contributed by atoms with Crippen molar-refractivity contribution < 1.29 is 0 Å². The minimum absolute atomic E-state index is 0.0959. The quantitative estimate of drug-likeness (QED) is 0.624. The van der Waals surface area contributed by atoms with Gasteiger partial charge in [0.05, 0.1) is 0 Å². The standard InChI is InChI=1S/C14H19Cl3/c1-5-13(4,9-14(15,16)17)12-8-6-7-10(2)11(12)3/h6-8H,5,9H2,1-4H3. The van der Waals surface area contributed by atoms with Crippen molar-refractivity contribution in [3.63, 3.8) is 0 Å². The van der Waals surface area contributed by atoms with Gasteiger partial charge in [0, 0.05) is 6.42 Å². The first kappa shape index (κ1) is 15.1. The normalized spacial score (nSPS) is 15.7. The molecule has 0 spiro atoms. The summed E-state index contributed by atoms with van der Waals surface area (Å²) in [6, 6.07) is 6.33. The zero-order valence-electron chi connectivity index (χ0n) is 10.8. The van der Waals surface area contributed by atoms with Crippen LogP contribution < -0.4 is 0 Å². The molecule has 0 aromatic heterocycles. The first-order valence-corrected chi connectivity index (χ1v) is 6.96. The predicted octanol–water partition coefficient (Wildman–Crippen LogP) is 5.73. The Kier molecular flexibility index (Phi) is 4.80. The van der Waals surface area contributed by atoms with Crippen LogP contribution >= 0.6 is 34.8 Å². The van der Waals surface area contributed by atoms with Gasteiger partial charge in [-0.25, -0.2) is 0 Å². The van der Waals surface area contributed by atoms with E-state index in [2.05, 4.69) is 45.9 Å². The molecule has 0 aliphatic rings. The molecule has 0 bridgehead atoms. The maximum Gasteiger partial charge on any atom is 0.191 e. The Morgan fingerprint density at radius 2 is 1.71 bits per heavy atom. The predicted molar refractivity (Wildman–Crippen MR) is 78.5 cm³/mol. The molecule has 17 heavy (non-hydrogen) atoms.